The summed E-state index contributed by atoms with van der Waals surface area (Å²) in [5.41, 5.74) is 2.03. The number of carbonyl (C=O) groups is 2. The number of rotatable bonds is 7. The maximum Gasteiger partial charge on any atom is 0.328 e. The van der Waals surface area contributed by atoms with E-state index in [4.69, 9.17) is 9.47 Å². The van der Waals surface area contributed by atoms with Gasteiger partial charge in [-0.3, -0.25) is 9.69 Å². The SMILES string of the molecule is CCOc1cc(/C=C2/NC(=O)N(CC)C2=O)cc(I)c1OCc1ccc(Br)cc1. The Bertz CT molecular complexity index is 960. The molecule has 0 bridgehead atoms. The molecule has 3 amide bonds. The molecule has 0 radical (unpaired) electrons. The number of ether oxygens (including phenoxy) is 2. The van der Waals surface area contributed by atoms with Crippen LogP contribution < -0.4 is 14.8 Å². The summed E-state index contributed by atoms with van der Waals surface area (Å²) in [5.74, 6) is 0.906. The third-order valence-corrected chi connectivity index (χ3v) is 5.55. The van der Waals surface area contributed by atoms with Gasteiger partial charge in [0, 0.05) is 11.0 Å². The standard InChI is InChI=1S/C21H20BrIN2O4/c1-3-25-20(26)17(24-21(25)27)10-14-9-16(23)19(18(11-14)28-4-2)29-12-13-5-7-15(22)8-6-13/h5-11H,3-4,12H2,1-2H3,(H,24,27)/b17-10+. The van der Waals surface area contributed by atoms with Crippen LogP contribution in [0.5, 0.6) is 11.5 Å². The molecule has 1 saturated heterocycles. The Kier molecular flexibility index (Phi) is 7.18. The summed E-state index contributed by atoms with van der Waals surface area (Å²) in [6.45, 7) is 4.87. The molecule has 0 aliphatic carbocycles. The minimum Gasteiger partial charge on any atom is -0.490 e. The molecule has 3 rings (SSSR count). The van der Waals surface area contributed by atoms with E-state index >= 15 is 0 Å². The molecule has 0 aromatic heterocycles. The quantitative estimate of drug-likeness (QED) is 0.291. The number of amides is 3. The van der Waals surface area contributed by atoms with Crippen LogP contribution in [0.2, 0.25) is 0 Å². The molecule has 1 fully saturated rings. The topological polar surface area (TPSA) is 67.9 Å². The van der Waals surface area contributed by atoms with Crippen molar-refractivity contribution in [3.63, 3.8) is 0 Å². The zero-order chi connectivity index (χ0) is 21.0. The zero-order valence-corrected chi connectivity index (χ0v) is 19.7. The van der Waals surface area contributed by atoms with Crippen molar-refractivity contribution in [3.05, 3.63) is 61.3 Å². The Morgan fingerprint density at radius 3 is 2.48 bits per heavy atom. The Morgan fingerprint density at radius 1 is 1.14 bits per heavy atom. The van der Waals surface area contributed by atoms with E-state index < -0.39 is 6.03 Å². The summed E-state index contributed by atoms with van der Waals surface area (Å²) < 4.78 is 13.7. The molecule has 1 N–H and O–H groups in total. The van der Waals surface area contributed by atoms with Crippen molar-refractivity contribution in [1.29, 1.82) is 0 Å². The summed E-state index contributed by atoms with van der Waals surface area (Å²) >= 11 is 5.61. The predicted molar refractivity (Wildman–Crippen MR) is 123 cm³/mol. The molecule has 1 heterocycles. The van der Waals surface area contributed by atoms with Crippen LogP contribution in [0.15, 0.2) is 46.6 Å². The minimum atomic E-state index is -0.405. The Hall–Kier alpha value is -2.07. The van der Waals surface area contributed by atoms with Gasteiger partial charge in [0.25, 0.3) is 5.91 Å². The molecular weight excluding hydrogens is 551 g/mol. The number of carbonyl (C=O) groups excluding carboxylic acids is 2. The second-order valence-corrected chi connectivity index (χ2v) is 8.29. The van der Waals surface area contributed by atoms with Gasteiger partial charge in [-0.15, -0.1) is 0 Å². The largest absolute Gasteiger partial charge is 0.490 e. The molecule has 2 aromatic carbocycles. The minimum absolute atomic E-state index is 0.249. The molecule has 0 unspecified atom stereocenters. The summed E-state index contributed by atoms with van der Waals surface area (Å²) in [6.07, 6.45) is 1.65. The van der Waals surface area contributed by atoms with E-state index in [9.17, 15) is 9.59 Å². The van der Waals surface area contributed by atoms with Crippen molar-refractivity contribution in [2.24, 2.45) is 0 Å². The number of hydrogen-bond acceptors (Lipinski definition) is 4. The maximum absolute atomic E-state index is 12.3. The number of imide groups is 1. The van der Waals surface area contributed by atoms with Crippen molar-refractivity contribution in [2.45, 2.75) is 20.5 Å². The highest BCUT2D eigenvalue weighted by atomic mass is 127. The smallest absolute Gasteiger partial charge is 0.328 e. The Labute approximate surface area is 191 Å². The van der Waals surface area contributed by atoms with Crippen LogP contribution in [0.1, 0.15) is 25.0 Å². The number of urea groups is 1. The highest BCUT2D eigenvalue weighted by Gasteiger charge is 2.32. The fourth-order valence-corrected chi connectivity index (χ4v) is 3.88. The highest BCUT2D eigenvalue weighted by Crippen LogP contribution is 2.35. The number of halogens is 2. The maximum atomic E-state index is 12.3. The van der Waals surface area contributed by atoms with E-state index in [1.807, 2.05) is 43.3 Å². The van der Waals surface area contributed by atoms with Gasteiger partial charge in [-0.25, -0.2) is 4.79 Å². The van der Waals surface area contributed by atoms with Gasteiger partial charge in [-0.2, -0.15) is 0 Å². The second-order valence-electron chi connectivity index (χ2n) is 6.22. The first-order valence-electron chi connectivity index (χ1n) is 9.11. The summed E-state index contributed by atoms with van der Waals surface area (Å²) in [5, 5.41) is 2.61. The first kappa shape index (κ1) is 21.6. The van der Waals surface area contributed by atoms with Crippen molar-refractivity contribution in [1.82, 2.24) is 10.2 Å². The molecule has 1 aliphatic rings. The van der Waals surface area contributed by atoms with Crippen LogP contribution in [-0.2, 0) is 11.4 Å². The van der Waals surface area contributed by atoms with Crippen molar-refractivity contribution < 1.29 is 19.1 Å². The molecule has 0 atom stereocenters. The average molecular weight is 571 g/mol. The predicted octanol–water partition coefficient (Wildman–Crippen LogP) is 4.94. The van der Waals surface area contributed by atoms with Gasteiger partial charge < -0.3 is 14.8 Å². The van der Waals surface area contributed by atoms with Crippen LogP contribution in [-0.4, -0.2) is 30.0 Å². The highest BCUT2D eigenvalue weighted by molar-refractivity contribution is 14.1. The lowest BCUT2D eigenvalue weighted by Gasteiger charge is -2.15. The number of benzene rings is 2. The summed E-state index contributed by atoms with van der Waals surface area (Å²) in [7, 11) is 0. The molecule has 29 heavy (non-hydrogen) atoms. The number of likely N-dealkylation sites (N-methyl/N-ethyl adjacent to an activating group) is 1. The number of hydrogen-bond donors (Lipinski definition) is 1. The Balaban J connectivity index is 1.86. The lowest BCUT2D eigenvalue weighted by atomic mass is 10.1. The van der Waals surface area contributed by atoms with E-state index in [2.05, 4.69) is 43.8 Å². The third kappa shape index (κ3) is 5.11. The molecule has 8 heteroatoms. The van der Waals surface area contributed by atoms with Crippen LogP contribution in [0.3, 0.4) is 0 Å². The van der Waals surface area contributed by atoms with E-state index in [1.54, 1.807) is 13.0 Å². The van der Waals surface area contributed by atoms with Gasteiger partial charge in [-0.05, 0) is 77.9 Å². The normalized spacial score (nSPS) is 15.0. The molecular formula is C21H20BrIN2O4. The van der Waals surface area contributed by atoms with E-state index in [-0.39, 0.29) is 11.6 Å². The van der Waals surface area contributed by atoms with Crippen LogP contribution >= 0.6 is 38.5 Å². The zero-order valence-electron chi connectivity index (χ0n) is 16.0. The van der Waals surface area contributed by atoms with Gasteiger partial charge in [0.2, 0.25) is 0 Å². The van der Waals surface area contributed by atoms with Gasteiger partial charge >= 0.3 is 6.03 Å². The first-order valence-corrected chi connectivity index (χ1v) is 11.0. The van der Waals surface area contributed by atoms with Gasteiger partial charge in [0.15, 0.2) is 11.5 Å². The molecule has 2 aromatic rings. The van der Waals surface area contributed by atoms with Gasteiger partial charge in [0.1, 0.15) is 12.3 Å². The molecule has 0 spiro atoms. The van der Waals surface area contributed by atoms with E-state index in [0.717, 1.165) is 24.1 Å². The van der Waals surface area contributed by atoms with Crippen molar-refractivity contribution in [2.75, 3.05) is 13.2 Å². The number of nitrogens with zero attached hydrogens (tertiary/aromatic N) is 1. The molecule has 6 nitrogen and oxygen atoms in total. The van der Waals surface area contributed by atoms with Crippen LogP contribution in [0, 0.1) is 3.57 Å². The fraction of sp³-hybridized carbons (Fsp3) is 0.238. The molecule has 0 saturated carbocycles. The van der Waals surface area contributed by atoms with Crippen molar-refractivity contribution >= 4 is 56.5 Å². The fourth-order valence-electron chi connectivity index (χ4n) is 2.84. The van der Waals surface area contributed by atoms with Gasteiger partial charge in [0.05, 0.1) is 10.2 Å². The lowest BCUT2D eigenvalue weighted by Crippen LogP contribution is -2.30. The Morgan fingerprint density at radius 2 is 1.86 bits per heavy atom. The molecule has 152 valence electrons. The number of nitrogens with one attached hydrogen (secondary N) is 1. The van der Waals surface area contributed by atoms with Crippen LogP contribution in [0.25, 0.3) is 6.08 Å². The van der Waals surface area contributed by atoms with E-state index in [0.29, 0.717) is 31.3 Å². The van der Waals surface area contributed by atoms with Crippen LogP contribution in [0.4, 0.5) is 4.79 Å². The first-order chi connectivity index (χ1) is 13.9. The summed E-state index contributed by atoms with van der Waals surface area (Å²) in [4.78, 5) is 25.3. The summed E-state index contributed by atoms with van der Waals surface area (Å²) in [6, 6.07) is 11.2. The van der Waals surface area contributed by atoms with Crippen molar-refractivity contribution in [3.8, 4) is 11.5 Å². The monoisotopic (exact) mass is 570 g/mol. The lowest BCUT2D eigenvalue weighted by molar-refractivity contribution is -0.122. The second kappa shape index (κ2) is 9.62. The van der Waals surface area contributed by atoms with Gasteiger partial charge in [-0.1, -0.05) is 28.1 Å². The molecule has 1 aliphatic heterocycles. The third-order valence-electron chi connectivity index (χ3n) is 4.22. The van der Waals surface area contributed by atoms with E-state index in [1.165, 1.54) is 0 Å². The average Bonchev–Trinajstić information content (AvgIpc) is 2.95.